The molecule has 7 heteroatoms. The Kier molecular flexibility index (Phi) is 8.15. The molecule has 0 bridgehead atoms. The van der Waals surface area contributed by atoms with Gasteiger partial charge in [0, 0.05) is 23.4 Å². The van der Waals surface area contributed by atoms with Gasteiger partial charge in [0.1, 0.15) is 11.8 Å². The highest BCUT2D eigenvalue weighted by Gasteiger charge is 2.38. The summed E-state index contributed by atoms with van der Waals surface area (Å²) in [5, 5.41) is 12.6. The minimum absolute atomic E-state index is 0.202. The van der Waals surface area contributed by atoms with E-state index >= 15 is 0 Å². The number of carboxylic acid groups (broad SMARTS) is 1. The summed E-state index contributed by atoms with van der Waals surface area (Å²) in [6.45, 7) is 8.62. The van der Waals surface area contributed by atoms with Crippen LogP contribution in [0, 0.1) is 12.8 Å². The molecule has 2 N–H and O–H groups in total. The fourth-order valence-corrected chi connectivity index (χ4v) is 4.80. The second kappa shape index (κ2) is 11.5. The molecule has 1 aliphatic rings. The van der Waals surface area contributed by atoms with Gasteiger partial charge in [0.15, 0.2) is 0 Å². The van der Waals surface area contributed by atoms with E-state index in [9.17, 15) is 19.5 Å². The fraction of sp³-hybridized carbons (Fsp3) is 0.323. The van der Waals surface area contributed by atoms with Crippen molar-refractivity contribution in [1.82, 2.24) is 4.90 Å². The van der Waals surface area contributed by atoms with Crippen molar-refractivity contribution in [1.29, 1.82) is 0 Å². The maximum absolute atomic E-state index is 13.1. The Balaban J connectivity index is 1.47. The predicted octanol–water partition coefficient (Wildman–Crippen LogP) is 6.16. The van der Waals surface area contributed by atoms with Gasteiger partial charge in [-0.1, -0.05) is 45.4 Å². The monoisotopic (exact) mass is 514 g/mol. The summed E-state index contributed by atoms with van der Waals surface area (Å²) in [6.07, 6.45) is 2.05. The summed E-state index contributed by atoms with van der Waals surface area (Å²) in [7, 11) is 0. The van der Waals surface area contributed by atoms with Crippen molar-refractivity contribution in [3.05, 3.63) is 82.9 Å². The van der Waals surface area contributed by atoms with Crippen LogP contribution in [-0.2, 0) is 11.3 Å². The van der Waals surface area contributed by atoms with Gasteiger partial charge >= 0.3 is 5.97 Å². The van der Waals surface area contributed by atoms with Crippen LogP contribution < -0.4 is 10.1 Å². The third-order valence-corrected chi connectivity index (χ3v) is 6.84. The number of hydrogen-bond donors (Lipinski definition) is 2. The highest BCUT2D eigenvalue weighted by atomic mass is 16.5. The smallest absolute Gasteiger partial charge is 0.326 e. The molecule has 1 unspecified atom stereocenters. The number of benzene rings is 3. The summed E-state index contributed by atoms with van der Waals surface area (Å²) < 4.78 is 5.66. The Morgan fingerprint density at radius 1 is 1.03 bits per heavy atom. The molecule has 0 fully saturated rings. The standard InChI is InChI=1S/C31H34N2O5/c1-5-6-15-38-25-12-9-21(10-13-25)29(34)32-24-11-14-26(20(4)16-24)22-7-8-23-18-33(30(35)27(23)17-22)28(19(2)3)31(36)37/h7-14,16-17,19,28H,5-6,15,18H2,1-4H3,(H,32,34)(H,36,37). The van der Waals surface area contributed by atoms with Crippen LogP contribution in [0.25, 0.3) is 11.1 Å². The minimum Gasteiger partial charge on any atom is -0.494 e. The second-order valence-electron chi connectivity index (χ2n) is 10.0. The Morgan fingerprint density at radius 2 is 1.76 bits per heavy atom. The number of carboxylic acids is 1. The molecule has 0 aliphatic carbocycles. The Bertz CT molecular complexity index is 1350. The van der Waals surface area contributed by atoms with Crippen LogP contribution in [0.1, 0.15) is 65.5 Å². The van der Waals surface area contributed by atoms with Crippen LogP contribution in [0.4, 0.5) is 5.69 Å². The number of carbonyl (C=O) groups excluding carboxylic acids is 2. The van der Waals surface area contributed by atoms with Crippen molar-refractivity contribution in [2.75, 3.05) is 11.9 Å². The van der Waals surface area contributed by atoms with Gasteiger partial charge in [0.2, 0.25) is 0 Å². The van der Waals surface area contributed by atoms with Gasteiger partial charge < -0.3 is 20.1 Å². The summed E-state index contributed by atoms with van der Waals surface area (Å²) >= 11 is 0. The van der Waals surface area contributed by atoms with Crippen molar-refractivity contribution >= 4 is 23.5 Å². The van der Waals surface area contributed by atoms with Crippen molar-refractivity contribution < 1.29 is 24.2 Å². The number of fused-ring (bicyclic) bond motifs is 1. The molecule has 1 atom stereocenters. The Labute approximate surface area is 223 Å². The van der Waals surface area contributed by atoms with E-state index < -0.39 is 12.0 Å². The Hall–Kier alpha value is -4.13. The van der Waals surface area contributed by atoms with Crippen molar-refractivity contribution in [3.8, 4) is 16.9 Å². The first-order valence-electron chi connectivity index (χ1n) is 13.0. The zero-order valence-corrected chi connectivity index (χ0v) is 22.3. The summed E-state index contributed by atoms with van der Waals surface area (Å²) in [5.41, 5.74) is 5.31. The van der Waals surface area contributed by atoms with E-state index in [-0.39, 0.29) is 17.7 Å². The molecule has 0 saturated carbocycles. The SMILES string of the molecule is CCCCOc1ccc(C(=O)Nc2ccc(-c3ccc4c(c3)C(=O)N(C(C(=O)O)C(C)C)C4)c(C)c2)cc1. The zero-order valence-electron chi connectivity index (χ0n) is 22.3. The van der Waals surface area contributed by atoms with Crippen LogP contribution in [0.5, 0.6) is 5.75 Å². The number of amides is 2. The Morgan fingerprint density at radius 3 is 2.39 bits per heavy atom. The molecule has 7 nitrogen and oxygen atoms in total. The highest BCUT2D eigenvalue weighted by Crippen LogP contribution is 2.33. The first-order valence-corrected chi connectivity index (χ1v) is 13.0. The number of unbranched alkanes of at least 4 members (excludes halogenated alkanes) is 1. The summed E-state index contributed by atoms with van der Waals surface area (Å²) in [5.74, 6) is -0.919. The maximum Gasteiger partial charge on any atom is 0.326 e. The average molecular weight is 515 g/mol. The maximum atomic E-state index is 13.1. The first kappa shape index (κ1) is 26.9. The van der Waals surface area contributed by atoms with E-state index in [2.05, 4.69) is 12.2 Å². The molecule has 0 radical (unpaired) electrons. The lowest BCUT2D eigenvalue weighted by molar-refractivity contribution is -0.144. The number of nitrogens with zero attached hydrogens (tertiary/aromatic N) is 1. The van der Waals surface area contributed by atoms with Gasteiger partial charge in [-0.25, -0.2) is 4.79 Å². The van der Waals surface area contributed by atoms with Crippen LogP contribution in [-0.4, -0.2) is 40.4 Å². The van der Waals surface area contributed by atoms with Gasteiger partial charge in [0.25, 0.3) is 11.8 Å². The lowest BCUT2D eigenvalue weighted by Crippen LogP contribution is -2.44. The van der Waals surface area contributed by atoms with E-state index in [1.54, 1.807) is 24.3 Å². The van der Waals surface area contributed by atoms with E-state index in [1.807, 2.05) is 57.2 Å². The molecule has 38 heavy (non-hydrogen) atoms. The molecule has 1 aliphatic heterocycles. The number of rotatable bonds is 10. The molecule has 0 spiro atoms. The fourth-order valence-electron chi connectivity index (χ4n) is 4.80. The molecule has 1 heterocycles. The second-order valence-corrected chi connectivity index (χ2v) is 10.0. The first-order chi connectivity index (χ1) is 18.2. The number of anilines is 1. The van der Waals surface area contributed by atoms with E-state index in [0.29, 0.717) is 30.0 Å². The topological polar surface area (TPSA) is 95.9 Å². The van der Waals surface area contributed by atoms with Gasteiger partial charge in [0.05, 0.1) is 6.61 Å². The van der Waals surface area contributed by atoms with Crippen LogP contribution in [0.2, 0.25) is 0 Å². The molecule has 2 amide bonds. The quantitative estimate of drug-likeness (QED) is 0.316. The normalized spacial score (nSPS) is 13.4. The van der Waals surface area contributed by atoms with Gasteiger partial charge in [-0.2, -0.15) is 0 Å². The molecule has 3 aromatic rings. The van der Waals surface area contributed by atoms with Crippen molar-refractivity contribution in [3.63, 3.8) is 0 Å². The van der Waals surface area contributed by atoms with Crippen molar-refractivity contribution in [2.24, 2.45) is 5.92 Å². The zero-order chi connectivity index (χ0) is 27.4. The largest absolute Gasteiger partial charge is 0.494 e. The number of carbonyl (C=O) groups is 3. The lowest BCUT2D eigenvalue weighted by Gasteiger charge is -2.27. The molecule has 198 valence electrons. The summed E-state index contributed by atoms with van der Waals surface area (Å²) in [4.78, 5) is 39.1. The molecular formula is C31H34N2O5. The third-order valence-electron chi connectivity index (χ3n) is 6.84. The number of aliphatic carboxylic acids is 1. The van der Waals surface area contributed by atoms with Crippen LogP contribution in [0.15, 0.2) is 60.7 Å². The van der Waals surface area contributed by atoms with Gasteiger partial charge in [-0.15, -0.1) is 0 Å². The summed E-state index contributed by atoms with van der Waals surface area (Å²) in [6, 6.07) is 17.6. The van der Waals surface area contributed by atoms with Crippen LogP contribution in [0.3, 0.4) is 0 Å². The molecule has 0 saturated heterocycles. The minimum atomic E-state index is -0.994. The lowest BCUT2D eigenvalue weighted by atomic mass is 9.96. The van der Waals surface area contributed by atoms with E-state index in [0.717, 1.165) is 40.8 Å². The van der Waals surface area contributed by atoms with E-state index in [4.69, 9.17) is 4.74 Å². The number of aryl methyl sites for hydroxylation is 1. The van der Waals surface area contributed by atoms with Crippen molar-refractivity contribution in [2.45, 2.75) is 53.1 Å². The highest BCUT2D eigenvalue weighted by molar-refractivity contribution is 6.04. The molecule has 3 aromatic carbocycles. The number of ether oxygens (including phenoxy) is 1. The van der Waals surface area contributed by atoms with E-state index in [1.165, 1.54) is 4.90 Å². The molecule has 0 aromatic heterocycles. The average Bonchev–Trinajstić information content (AvgIpc) is 3.19. The molecular weight excluding hydrogens is 480 g/mol. The van der Waals surface area contributed by atoms with Crippen LogP contribution >= 0.6 is 0 Å². The predicted molar refractivity (Wildman–Crippen MR) is 148 cm³/mol. The molecule has 4 rings (SSSR count). The number of hydrogen-bond acceptors (Lipinski definition) is 4. The third kappa shape index (κ3) is 5.72. The van der Waals surface area contributed by atoms with Gasteiger partial charge in [-0.05, 0) is 84.0 Å². The number of nitrogens with one attached hydrogen (secondary N) is 1. The van der Waals surface area contributed by atoms with Gasteiger partial charge in [-0.3, -0.25) is 9.59 Å².